The lowest BCUT2D eigenvalue weighted by Gasteiger charge is -2.21. The maximum atomic E-state index is 5.71. The van der Waals surface area contributed by atoms with Gasteiger partial charge in [0.1, 0.15) is 5.82 Å². The van der Waals surface area contributed by atoms with Crippen LogP contribution in [0.15, 0.2) is 12.4 Å². The summed E-state index contributed by atoms with van der Waals surface area (Å²) in [5.74, 6) is 1.55. The van der Waals surface area contributed by atoms with Crippen LogP contribution in [-0.4, -0.2) is 23.6 Å². The fourth-order valence-corrected chi connectivity index (χ4v) is 2.24. The first kappa shape index (κ1) is 12.3. The van der Waals surface area contributed by atoms with Crippen molar-refractivity contribution in [2.45, 2.75) is 38.7 Å². The largest absolute Gasteiger partial charge is 0.375 e. The van der Waals surface area contributed by atoms with E-state index in [1.54, 1.807) is 12.4 Å². The van der Waals surface area contributed by atoms with Crippen molar-refractivity contribution >= 4 is 5.82 Å². The van der Waals surface area contributed by atoms with Crippen molar-refractivity contribution in [1.82, 2.24) is 9.97 Å². The number of hydrogen-bond acceptors (Lipinski definition) is 4. The Morgan fingerprint density at radius 1 is 1.24 bits per heavy atom. The second-order valence-corrected chi connectivity index (χ2v) is 4.66. The predicted molar refractivity (Wildman–Crippen MR) is 67.8 cm³/mol. The monoisotopic (exact) mass is 235 g/mol. The zero-order chi connectivity index (χ0) is 11.9. The minimum atomic E-state index is 0.577. The summed E-state index contributed by atoms with van der Waals surface area (Å²) in [4.78, 5) is 8.49. The average molecular weight is 235 g/mol. The number of aromatic nitrogens is 2. The summed E-state index contributed by atoms with van der Waals surface area (Å²) in [5.41, 5.74) is 0.903. The van der Waals surface area contributed by atoms with E-state index < -0.39 is 0 Å². The number of ether oxygens (including phenoxy) is 1. The van der Waals surface area contributed by atoms with E-state index in [9.17, 15) is 0 Å². The van der Waals surface area contributed by atoms with Crippen LogP contribution in [0.2, 0.25) is 0 Å². The molecule has 1 aliphatic carbocycles. The minimum absolute atomic E-state index is 0.577. The SMILES string of the molecule is CNc1cnc(COCC2CCCCC2)cn1. The molecule has 1 N–H and O–H groups in total. The molecule has 1 aromatic heterocycles. The lowest BCUT2D eigenvalue weighted by atomic mass is 9.90. The number of nitrogens with one attached hydrogen (secondary N) is 1. The van der Waals surface area contributed by atoms with Gasteiger partial charge in [0.2, 0.25) is 0 Å². The van der Waals surface area contributed by atoms with Crippen LogP contribution in [0.1, 0.15) is 37.8 Å². The van der Waals surface area contributed by atoms with E-state index in [2.05, 4.69) is 15.3 Å². The molecule has 0 radical (unpaired) electrons. The third kappa shape index (κ3) is 3.97. The molecule has 0 spiro atoms. The van der Waals surface area contributed by atoms with E-state index in [1.165, 1.54) is 32.1 Å². The molecular formula is C13H21N3O. The molecule has 2 rings (SSSR count). The first-order valence-electron chi connectivity index (χ1n) is 6.45. The summed E-state index contributed by atoms with van der Waals surface area (Å²) in [7, 11) is 1.84. The normalized spacial score (nSPS) is 17.0. The summed E-state index contributed by atoms with van der Waals surface area (Å²) in [6.07, 6.45) is 10.3. The van der Waals surface area contributed by atoms with Crippen LogP contribution in [0.5, 0.6) is 0 Å². The van der Waals surface area contributed by atoms with E-state index in [0.717, 1.165) is 24.0 Å². The zero-order valence-electron chi connectivity index (χ0n) is 10.5. The van der Waals surface area contributed by atoms with Crippen molar-refractivity contribution in [3.05, 3.63) is 18.1 Å². The Kier molecular flexibility index (Phi) is 4.74. The molecule has 0 saturated heterocycles. The topological polar surface area (TPSA) is 47.0 Å². The molecule has 4 nitrogen and oxygen atoms in total. The van der Waals surface area contributed by atoms with Crippen LogP contribution in [0.4, 0.5) is 5.82 Å². The van der Waals surface area contributed by atoms with Gasteiger partial charge in [0.05, 0.1) is 24.7 Å². The van der Waals surface area contributed by atoms with Gasteiger partial charge < -0.3 is 10.1 Å². The third-order valence-electron chi connectivity index (χ3n) is 3.29. The van der Waals surface area contributed by atoms with Crippen molar-refractivity contribution in [3.8, 4) is 0 Å². The maximum Gasteiger partial charge on any atom is 0.144 e. The average Bonchev–Trinajstić information content (AvgIpc) is 2.41. The number of hydrogen-bond donors (Lipinski definition) is 1. The van der Waals surface area contributed by atoms with Gasteiger partial charge in [-0.15, -0.1) is 0 Å². The highest BCUT2D eigenvalue weighted by Crippen LogP contribution is 2.23. The molecule has 94 valence electrons. The summed E-state index contributed by atoms with van der Waals surface area (Å²) in [6.45, 7) is 1.45. The van der Waals surface area contributed by atoms with Gasteiger partial charge in [-0.2, -0.15) is 0 Å². The predicted octanol–water partition coefficient (Wildman–Crippen LogP) is 2.62. The van der Waals surface area contributed by atoms with Crippen LogP contribution < -0.4 is 5.32 Å². The highest BCUT2D eigenvalue weighted by Gasteiger charge is 2.13. The van der Waals surface area contributed by atoms with E-state index in [1.807, 2.05) is 7.05 Å². The van der Waals surface area contributed by atoms with Crippen LogP contribution in [0.3, 0.4) is 0 Å². The van der Waals surface area contributed by atoms with Gasteiger partial charge in [0.15, 0.2) is 0 Å². The molecule has 0 atom stereocenters. The Balaban J connectivity index is 1.69. The number of rotatable bonds is 5. The third-order valence-corrected chi connectivity index (χ3v) is 3.29. The van der Waals surface area contributed by atoms with E-state index >= 15 is 0 Å². The van der Waals surface area contributed by atoms with Gasteiger partial charge in [-0.3, -0.25) is 4.98 Å². The minimum Gasteiger partial charge on any atom is -0.375 e. The summed E-state index contributed by atoms with van der Waals surface area (Å²) in [6, 6.07) is 0. The molecular weight excluding hydrogens is 214 g/mol. The van der Waals surface area contributed by atoms with Crippen molar-refractivity contribution in [3.63, 3.8) is 0 Å². The van der Waals surface area contributed by atoms with Crippen LogP contribution in [0.25, 0.3) is 0 Å². The lowest BCUT2D eigenvalue weighted by molar-refractivity contribution is 0.0719. The Morgan fingerprint density at radius 2 is 2.06 bits per heavy atom. The Labute approximate surface area is 103 Å². The first-order valence-corrected chi connectivity index (χ1v) is 6.45. The zero-order valence-corrected chi connectivity index (χ0v) is 10.5. The molecule has 0 bridgehead atoms. The van der Waals surface area contributed by atoms with E-state index in [4.69, 9.17) is 4.74 Å². The van der Waals surface area contributed by atoms with Crippen molar-refractivity contribution < 1.29 is 4.74 Å². The molecule has 0 aromatic carbocycles. The molecule has 1 saturated carbocycles. The Morgan fingerprint density at radius 3 is 2.71 bits per heavy atom. The van der Waals surface area contributed by atoms with Crippen LogP contribution in [-0.2, 0) is 11.3 Å². The second kappa shape index (κ2) is 6.55. The van der Waals surface area contributed by atoms with Gasteiger partial charge in [0.25, 0.3) is 0 Å². The molecule has 1 aromatic rings. The Hall–Kier alpha value is -1.16. The van der Waals surface area contributed by atoms with Gasteiger partial charge >= 0.3 is 0 Å². The molecule has 0 amide bonds. The highest BCUT2D eigenvalue weighted by molar-refractivity contribution is 5.29. The summed E-state index contributed by atoms with van der Waals surface area (Å²) >= 11 is 0. The van der Waals surface area contributed by atoms with Gasteiger partial charge in [-0.1, -0.05) is 19.3 Å². The van der Waals surface area contributed by atoms with Gasteiger partial charge in [0, 0.05) is 13.7 Å². The molecule has 1 heterocycles. The standard InChI is InChI=1S/C13H21N3O/c1-14-13-8-15-12(7-16-13)10-17-9-11-5-3-2-4-6-11/h7-8,11H,2-6,9-10H2,1H3,(H,14,16). The van der Waals surface area contributed by atoms with Gasteiger partial charge in [-0.25, -0.2) is 4.98 Å². The first-order chi connectivity index (χ1) is 8.38. The molecule has 1 aliphatic rings. The fourth-order valence-electron chi connectivity index (χ4n) is 2.24. The van der Waals surface area contributed by atoms with E-state index in [-0.39, 0.29) is 0 Å². The lowest BCUT2D eigenvalue weighted by Crippen LogP contribution is -2.13. The van der Waals surface area contributed by atoms with Crippen molar-refractivity contribution in [2.24, 2.45) is 5.92 Å². The van der Waals surface area contributed by atoms with Gasteiger partial charge in [-0.05, 0) is 18.8 Å². The van der Waals surface area contributed by atoms with Crippen LogP contribution >= 0.6 is 0 Å². The molecule has 4 heteroatoms. The quantitative estimate of drug-likeness (QED) is 0.852. The smallest absolute Gasteiger partial charge is 0.144 e. The number of nitrogens with zero attached hydrogens (tertiary/aromatic N) is 2. The Bertz CT molecular complexity index is 320. The summed E-state index contributed by atoms with van der Waals surface area (Å²) in [5, 5.41) is 2.95. The second-order valence-electron chi connectivity index (χ2n) is 4.66. The molecule has 17 heavy (non-hydrogen) atoms. The number of anilines is 1. The fraction of sp³-hybridized carbons (Fsp3) is 0.692. The molecule has 0 unspecified atom stereocenters. The van der Waals surface area contributed by atoms with E-state index in [0.29, 0.717) is 6.61 Å². The maximum absolute atomic E-state index is 5.71. The molecule has 1 fully saturated rings. The highest BCUT2D eigenvalue weighted by atomic mass is 16.5. The van der Waals surface area contributed by atoms with Crippen molar-refractivity contribution in [2.75, 3.05) is 19.0 Å². The van der Waals surface area contributed by atoms with Crippen molar-refractivity contribution in [1.29, 1.82) is 0 Å². The summed E-state index contributed by atoms with van der Waals surface area (Å²) < 4.78 is 5.71. The molecule has 0 aliphatic heterocycles. The van der Waals surface area contributed by atoms with Crippen LogP contribution in [0, 0.1) is 5.92 Å².